The van der Waals surface area contributed by atoms with Crippen molar-refractivity contribution in [3.05, 3.63) is 35.9 Å². The van der Waals surface area contributed by atoms with Crippen molar-refractivity contribution < 1.29 is 18.1 Å². The van der Waals surface area contributed by atoms with Crippen LogP contribution in [0.5, 0.6) is 0 Å². The fraction of sp³-hybridized carbons (Fsp3) is 0.333. The second kappa shape index (κ2) is 4.94. The summed E-state index contributed by atoms with van der Waals surface area (Å²) in [6.45, 7) is 0. The minimum atomic E-state index is -4.50. The Morgan fingerprint density at radius 3 is 2.27 bits per heavy atom. The van der Waals surface area contributed by atoms with E-state index in [0.29, 0.717) is 0 Å². The largest absolute Gasteiger partial charge is 0.374 e. The standard InChI is InChI=1S/C9H11ClO4S/c10-8(9(11)15(12,13)14)6-7-4-2-1-3-5-7/h1-5,8-9,11H,6H2,(H,12,13,14)/t8-,9?/m1/s1. The van der Waals surface area contributed by atoms with Crippen molar-refractivity contribution in [3.8, 4) is 0 Å². The number of benzene rings is 1. The van der Waals surface area contributed by atoms with E-state index in [4.69, 9.17) is 21.3 Å². The molecule has 0 fully saturated rings. The molecule has 0 aromatic heterocycles. The van der Waals surface area contributed by atoms with E-state index in [9.17, 15) is 8.42 Å². The summed E-state index contributed by atoms with van der Waals surface area (Å²) in [5.41, 5.74) is -1.17. The molecular weight excluding hydrogens is 240 g/mol. The molecule has 1 aromatic carbocycles. The highest BCUT2D eigenvalue weighted by atomic mass is 35.5. The maximum Gasteiger partial charge on any atom is 0.293 e. The van der Waals surface area contributed by atoms with E-state index in [1.54, 1.807) is 24.3 Å². The fourth-order valence-corrected chi connectivity index (χ4v) is 2.16. The molecule has 0 saturated carbocycles. The molecule has 0 spiro atoms. The monoisotopic (exact) mass is 250 g/mol. The van der Waals surface area contributed by atoms with Crippen molar-refractivity contribution in [1.82, 2.24) is 0 Å². The van der Waals surface area contributed by atoms with Crippen molar-refractivity contribution in [2.75, 3.05) is 0 Å². The van der Waals surface area contributed by atoms with E-state index >= 15 is 0 Å². The highest BCUT2D eigenvalue weighted by Gasteiger charge is 2.28. The van der Waals surface area contributed by atoms with Crippen LogP contribution >= 0.6 is 11.6 Å². The Labute approximate surface area is 93.3 Å². The average molecular weight is 251 g/mol. The molecule has 2 atom stereocenters. The lowest BCUT2D eigenvalue weighted by atomic mass is 10.1. The lowest BCUT2D eigenvalue weighted by molar-refractivity contribution is 0.227. The van der Waals surface area contributed by atoms with E-state index in [1.807, 2.05) is 6.07 Å². The van der Waals surface area contributed by atoms with Gasteiger partial charge in [0, 0.05) is 0 Å². The highest BCUT2D eigenvalue weighted by Crippen LogP contribution is 2.14. The van der Waals surface area contributed by atoms with Gasteiger partial charge in [0.1, 0.15) is 0 Å². The minimum Gasteiger partial charge on any atom is -0.374 e. The Bertz CT molecular complexity index is 403. The number of hydrogen-bond acceptors (Lipinski definition) is 3. The van der Waals surface area contributed by atoms with Crippen LogP contribution in [-0.2, 0) is 16.5 Å². The third kappa shape index (κ3) is 3.79. The molecule has 2 N–H and O–H groups in total. The molecule has 6 heteroatoms. The van der Waals surface area contributed by atoms with Gasteiger partial charge in [-0.1, -0.05) is 30.3 Å². The van der Waals surface area contributed by atoms with Crippen molar-refractivity contribution in [2.24, 2.45) is 0 Å². The molecule has 0 radical (unpaired) electrons. The highest BCUT2D eigenvalue weighted by molar-refractivity contribution is 7.86. The second-order valence-corrected chi connectivity index (χ2v) is 5.18. The number of aliphatic hydroxyl groups excluding tert-OH is 1. The van der Waals surface area contributed by atoms with Gasteiger partial charge in [-0.3, -0.25) is 4.55 Å². The van der Waals surface area contributed by atoms with Crippen LogP contribution < -0.4 is 0 Å². The van der Waals surface area contributed by atoms with Crippen molar-refractivity contribution >= 4 is 21.7 Å². The van der Waals surface area contributed by atoms with E-state index < -0.39 is 20.9 Å². The number of aliphatic hydroxyl groups is 1. The molecule has 1 aromatic rings. The van der Waals surface area contributed by atoms with Gasteiger partial charge in [-0.05, 0) is 12.0 Å². The number of rotatable bonds is 4. The van der Waals surface area contributed by atoms with Crippen LogP contribution in [0.4, 0.5) is 0 Å². The first-order chi connectivity index (χ1) is 6.91. The second-order valence-electron chi connectivity index (χ2n) is 3.11. The smallest absolute Gasteiger partial charge is 0.293 e. The van der Waals surface area contributed by atoms with Crippen LogP contribution in [0.2, 0.25) is 0 Å². The van der Waals surface area contributed by atoms with Gasteiger partial charge in [0.25, 0.3) is 10.1 Å². The zero-order chi connectivity index (χ0) is 11.5. The summed E-state index contributed by atoms with van der Waals surface area (Å²) in [7, 11) is -4.50. The van der Waals surface area contributed by atoms with Crippen LogP contribution in [0, 0.1) is 0 Å². The van der Waals surface area contributed by atoms with Gasteiger partial charge < -0.3 is 5.11 Å². The van der Waals surface area contributed by atoms with Crippen LogP contribution in [0.25, 0.3) is 0 Å². The predicted molar refractivity (Wildman–Crippen MR) is 57.3 cm³/mol. The molecular formula is C9H11ClO4S. The SMILES string of the molecule is O=S(=O)(O)C(O)[C@H](Cl)Cc1ccccc1. The topological polar surface area (TPSA) is 74.6 Å². The van der Waals surface area contributed by atoms with Gasteiger partial charge in [0.15, 0.2) is 5.44 Å². The van der Waals surface area contributed by atoms with E-state index in [0.717, 1.165) is 5.56 Å². The van der Waals surface area contributed by atoms with Crippen LogP contribution in [0.3, 0.4) is 0 Å². The van der Waals surface area contributed by atoms with E-state index in [2.05, 4.69) is 0 Å². The molecule has 15 heavy (non-hydrogen) atoms. The van der Waals surface area contributed by atoms with Gasteiger partial charge in [-0.2, -0.15) is 8.42 Å². The summed E-state index contributed by atoms with van der Waals surface area (Å²) in [4.78, 5) is 0. The molecule has 0 aliphatic heterocycles. The molecule has 0 heterocycles. The van der Waals surface area contributed by atoms with Gasteiger partial charge >= 0.3 is 0 Å². The number of hydrogen-bond donors (Lipinski definition) is 2. The third-order valence-corrected chi connectivity index (χ3v) is 3.37. The quantitative estimate of drug-likeness (QED) is 0.619. The Kier molecular flexibility index (Phi) is 4.10. The first-order valence-electron chi connectivity index (χ1n) is 4.23. The Morgan fingerprint density at radius 1 is 1.27 bits per heavy atom. The first kappa shape index (κ1) is 12.4. The summed E-state index contributed by atoms with van der Waals surface area (Å²) < 4.78 is 29.7. The zero-order valence-corrected chi connectivity index (χ0v) is 9.32. The summed E-state index contributed by atoms with van der Waals surface area (Å²) in [5, 5.41) is 8.08. The molecule has 84 valence electrons. The van der Waals surface area contributed by atoms with Crippen molar-refractivity contribution in [1.29, 1.82) is 0 Å². The first-order valence-corrected chi connectivity index (χ1v) is 6.17. The average Bonchev–Trinajstić information content (AvgIpc) is 2.16. The zero-order valence-electron chi connectivity index (χ0n) is 7.75. The Morgan fingerprint density at radius 2 is 1.80 bits per heavy atom. The minimum absolute atomic E-state index is 0.170. The number of alkyl halides is 1. The molecule has 4 nitrogen and oxygen atoms in total. The lowest BCUT2D eigenvalue weighted by Gasteiger charge is -2.13. The van der Waals surface area contributed by atoms with Gasteiger partial charge in [0.05, 0.1) is 5.38 Å². The maximum atomic E-state index is 10.6. The molecule has 0 amide bonds. The van der Waals surface area contributed by atoms with Gasteiger partial charge in [-0.15, -0.1) is 11.6 Å². The van der Waals surface area contributed by atoms with Crippen LogP contribution in [0.15, 0.2) is 30.3 Å². The summed E-state index contributed by atoms with van der Waals surface area (Å²) in [5.74, 6) is 0. The number of halogens is 1. The molecule has 0 aliphatic rings. The normalized spacial score (nSPS) is 15.9. The molecule has 1 unspecified atom stereocenters. The lowest BCUT2D eigenvalue weighted by Crippen LogP contribution is -2.31. The predicted octanol–water partition coefficient (Wildman–Crippen LogP) is 1.04. The van der Waals surface area contributed by atoms with E-state index in [-0.39, 0.29) is 6.42 Å². The van der Waals surface area contributed by atoms with E-state index in [1.165, 1.54) is 0 Å². The third-order valence-electron chi connectivity index (χ3n) is 1.89. The summed E-state index contributed by atoms with van der Waals surface area (Å²) in [6.07, 6.45) is 0.170. The maximum absolute atomic E-state index is 10.6. The van der Waals surface area contributed by atoms with Crippen LogP contribution in [-0.4, -0.2) is 28.9 Å². The van der Waals surface area contributed by atoms with Crippen molar-refractivity contribution in [2.45, 2.75) is 17.2 Å². The molecule has 0 aliphatic carbocycles. The van der Waals surface area contributed by atoms with Crippen LogP contribution in [0.1, 0.15) is 5.56 Å². The molecule has 0 bridgehead atoms. The Hall–Kier alpha value is -0.620. The Balaban J connectivity index is 2.68. The molecule has 1 rings (SSSR count). The fourth-order valence-electron chi connectivity index (χ4n) is 1.13. The summed E-state index contributed by atoms with van der Waals surface area (Å²) in [6, 6.07) is 8.88. The van der Waals surface area contributed by atoms with Gasteiger partial charge in [0.2, 0.25) is 0 Å². The van der Waals surface area contributed by atoms with Gasteiger partial charge in [-0.25, -0.2) is 0 Å². The summed E-state index contributed by atoms with van der Waals surface area (Å²) >= 11 is 5.66. The molecule has 0 saturated heterocycles. The van der Waals surface area contributed by atoms with Crippen molar-refractivity contribution in [3.63, 3.8) is 0 Å².